The van der Waals surface area contributed by atoms with E-state index in [9.17, 15) is 4.39 Å². The van der Waals surface area contributed by atoms with Gasteiger partial charge < -0.3 is 14.6 Å². The maximum Gasteiger partial charge on any atom is 0.152 e. The van der Waals surface area contributed by atoms with Gasteiger partial charge in [-0.25, -0.2) is 4.39 Å². The number of hydrogen-bond acceptors (Lipinski definition) is 4. The van der Waals surface area contributed by atoms with E-state index in [1.54, 1.807) is 6.20 Å². The summed E-state index contributed by atoms with van der Waals surface area (Å²) in [5.74, 6) is 1.55. The zero-order chi connectivity index (χ0) is 19.1. The quantitative estimate of drug-likeness (QED) is 0.724. The molecule has 1 aliphatic carbocycles. The Labute approximate surface area is 163 Å². The molecule has 1 aliphatic heterocycles. The Kier molecular flexibility index (Phi) is 4.26. The summed E-state index contributed by atoms with van der Waals surface area (Å²) >= 11 is 0. The number of fused-ring (bicyclic) bond motifs is 2. The van der Waals surface area contributed by atoms with Gasteiger partial charge in [0, 0.05) is 36.1 Å². The van der Waals surface area contributed by atoms with E-state index in [2.05, 4.69) is 21.4 Å². The van der Waals surface area contributed by atoms with Crippen LogP contribution in [0.15, 0.2) is 47.7 Å². The standard InChI is InChI=1S/C22H23FN4O/c1-27-13-20(28-19-7-3-2-6-17(19)23)16-9-8-15(11-18(16)27)26-22-21-14(12-25-22)5-4-10-24-21/h4-5,8-11,13,17,19H,2-3,6-7,12H2,1H3,(H,25,26). The number of ether oxygens (including phenoxy) is 1. The Morgan fingerprint density at radius 2 is 2.11 bits per heavy atom. The molecule has 1 N–H and O–H groups in total. The van der Waals surface area contributed by atoms with Gasteiger partial charge in [0.15, 0.2) is 5.84 Å². The first kappa shape index (κ1) is 17.2. The lowest BCUT2D eigenvalue weighted by molar-refractivity contribution is 0.0648. The maximum absolute atomic E-state index is 14.2. The molecule has 2 unspecified atom stereocenters. The van der Waals surface area contributed by atoms with Crippen LogP contribution in [-0.2, 0) is 13.6 Å². The Hall–Kier alpha value is -2.89. The highest BCUT2D eigenvalue weighted by Crippen LogP contribution is 2.33. The van der Waals surface area contributed by atoms with Gasteiger partial charge in [0.1, 0.15) is 23.7 Å². The van der Waals surface area contributed by atoms with E-state index < -0.39 is 6.17 Å². The summed E-state index contributed by atoms with van der Waals surface area (Å²) < 4.78 is 22.3. The Morgan fingerprint density at radius 3 is 3.00 bits per heavy atom. The van der Waals surface area contributed by atoms with E-state index in [0.717, 1.165) is 58.7 Å². The van der Waals surface area contributed by atoms with Crippen molar-refractivity contribution in [2.45, 2.75) is 44.5 Å². The molecule has 144 valence electrons. The molecule has 3 heterocycles. The molecule has 6 heteroatoms. The molecular formula is C22H23FN4O. The third-order valence-corrected chi connectivity index (χ3v) is 5.64. The summed E-state index contributed by atoms with van der Waals surface area (Å²) in [6.07, 6.45) is 5.87. The van der Waals surface area contributed by atoms with Crippen molar-refractivity contribution < 1.29 is 9.13 Å². The van der Waals surface area contributed by atoms with Crippen LogP contribution in [0.2, 0.25) is 0 Å². The molecule has 1 saturated carbocycles. The molecule has 28 heavy (non-hydrogen) atoms. The number of amidine groups is 1. The van der Waals surface area contributed by atoms with E-state index in [1.807, 2.05) is 42.1 Å². The number of nitrogens with zero attached hydrogens (tertiary/aromatic N) is 3. The highest BCUT2D eigenvalue weighted by molar-refractivity contribution is 6.10. The molecule has 1 fully saturated rings. The van der Waals surface area contributed by atoms with E-state index in [4.69, 9.17) is 4.74 Å². The third kappa shape index (κ3) is 3.03. The molecule has 3 aromatic rings. The number of aryl methyl sites for hydroxylation is 1. The molecule has 0 amide bonds. The van der Waals surface area contributed by atoms with E-state index in [-0.39, 0.29) is 6.10 Å². The molecule has 5 nitrogen and oxygen atoms in total. The lowest BCUT2D eigenvalue weighted by atomic mass is 9.96. The average molecular weight is 378 g/mol. The van der Waals surface area contributed by atoms with Crippen LogP contribution in [0.5, 0.6) is 5.75 Å². The van der Waals surface area contributed by atoms with Crippen molar-refractivity contribution in [2.24, 2.45) is 12.0 Å². The minimum atomic E-state index is -0.877. The van der Waals surface area contributed by atoms with Crippen molar-refractivity contribution in [2.75, 3.05) is 5.32 Å². The normalized spacial score (nSPS) is 21.4. The smallest absolute Gasteiger partial charge is 0.152 e. The molecule has 0 spiro atoms. The molecule has 5 rings (SSSR count). The number of alkyl halides is 1. The van der Waals surface area contributed by atoms with Gasteiger partial charge in [0.25, 0.3) is 0 Å². The van der Waals surface area contributed by atoms with Gasteiger partial charge in [0.2, 0.25) is 0 Å². The van der Waals surface area contributed by atoms with Crippen molar-refractivity contribution in [3.05, 3.63) is 54.0 Å². The van der Waals surface area contributed by atoms with Gasteiger partial charge in [-0.05, 0) is 43.5 Å². The average Bonchev–Trinajstić information content (AvgIpc) is 3.25. The fraction of sp³-hybridized carbons (Fsp3) is 0.364. The Bertz CT molecular complexity index is 1060. The van der Waals surface area contributed by atoms with Crippen molar-refractivity contribution in [1.29, 1.82) is 0 Å². The van der Waals surface area contributed by atoms with Crippen molar-refractivity contribution in [1.82, 2.24) is 9.55 Å². The summed E-state index contributed by atoms with van der Waals surface area (Å²) in [7, 11) is 1.98. The minimum absolute atomic E-state index is 0.340. The zero-order valence-electron chi connectivity index (χ0n) is 15.9. The van der Waals surface area contributed by atoms with Crippen molar-refractivity contribution in [3.8, 4) is 5.75 Å². The number of halogens is 1. The number of anilines is 1. The summed E-state index contributed by atoms with van der Waals surface area (Å²) in [5, 5.41) is 4.39. The molecule has 0 radical (unpaired) electrons. The Balaban J connectivity index is 1.40. The van der Waals surface area contributed by atoms with Gasteiger partial charge in [-0.2, -0.15) is 0 Å². The van der Waals surface area contributed by atoms with Crippen LogP contribution in [0, 0.1) is 0 Å². The third-order valence-electron chi connectivity index (χ3n) is 5.64. The number of nitrogens with one attached hydrogen (secondary N) is 1. The second-order valence-electron chi connectivity index (χ2n) is 7.59. The number of aromatic nitrogens is 2. The largest absolute Gasteiger partial charge is 0.485 e. The minimum Gasteiger partial charge on any atom is -0.485 e. The molecular weight excluding hydrogens is 355 g/mol. The van der Waals surface area contributed by atoms with E-state index >= 15 is 0 Å². The maximum atomic E-state index is 14.2. The SMILES string of the molecule is Cn1cc(OC2CCCCC2F)c2ccc(NC3=NCc4cccnc43)cc21. The number of benzene rings is 1. The topological polar surface area (TPSA) is 51.4 Å². The second kappa shape index (κ2) is 6.93. The first-order valence-corrected chi connectivity index (χ1v) is 9.84. The summed E-state index contributed by atoms with van der Waals surface area (Å²) in [5.41, 5.74) is 4.02. The van der Waals surface area contributed by atoms with Gasteiger partial charge in [0.05, 0.1) is 12.1 Å². The Morgan fingerprint density at radius 1 is 1.21 bits per heavy atom. The van der Waals surface area contributed by atoms with Crippen LogP contribution in [0.1, 0.15) is 36.9 Å². The van der Waals surface area contributed by atoms with Crippen molar-refractivity contribution >= 4 is 22.4 Å². The molecule has 2 atom stereocenters. The summed E-state index contributed by atoms with van der Waals surface area (Å²) in [4.78, 5) is 9.00. The predicted molar refractivity (Wildman–Crippen MR) is 109 cm³/mol. The first-order chi connectivity index (χ1) is 13.7. The number of aliphatic imine (C=N–C) groups is 1. The summed E-state index contributed by atoms with van der Waals surface area (Å²) in [6, 6.07) is 10.1. The summed E-state index contributed by atoms with van der Waals surface area (Å²) in [6.45, 7) is 0.654. The van der Waals surface area contributed by atoms with Gasteiger partial charge in [-0.15, -0.1) is 0 Å². The fourth-order valence-electron chi connectivity index (χ4n) is 4.12. The van der Waals surface area contributed by atoms with Gasteiger partial charge >= 0.3 is 0 Å². The highest BCUT2D eigenvalue weighted by atomic mass is 19.1. The van der Waals surface area contributed by atoms with E-state index in [0.29, 0.717) is 13.0 Å². The second-order valence-corrected chi connectivity index (χ2v) is 7.59. The lowest BCUT2D eigenvalue weighted by Crippen LogP contribution is -2.31. The van der Waals surface area contributed by atoms with Crippen LogP contribution >= 0.6 is 0 Å². The molecule has 2 aliphatic rings. The van der Waals surface area contributed by atoms with Crippen LogP contribution in [-0.4, -0.2) is 27.7 Å². The fourth-order valence-corrected chi connectivity index (χ4v) is 4.12. The number of pyridine rings is 1. The van der Waals surface area contributed by atoms with Crippen LogP contribution in [0.3, 0.4) is 0 Å². The number of hydrogen-bond donors (Lipinski definition) is 1. The molecule has 0 saturated heterocycles. The van der Waals surface area contributed by atoms with E-state index in [1.165, 1.54) is 0 Å². The van der Waals surface area contributed by atoms with Crippen LogP contribution < -0.4 is 10.1 Å². The lowest BCUT2D eigenvalue weighted by Gasteiger charge is -2.26. The zero-order valence-corrected chi connectivity index (χ0v) is 15.9. The predicted octanol–water partition coefficient (Wildman–Crippen LogP) is 4.61. The van der Waals surface area contributed by atoms with Crippen molar-refractivity contribution in [3.63, 3.8) is 0 Å². The number of rotatable bonds is 3. The first-order valence-electron chi connectivity index (χ1n) is 9.84. The van der Waals surface area contributed by atoms with Crippen LogP contribution in [0.4, 0.5) is 10.1 Å². The molecule has 2 aromatic heterocycles. The molecule has 1 aromatic carbocycles. The monoisotopic (exact) mass is 378 g/mol. The van der Waals surface area contributed by atoms with Gasteiger partial charge in [-0.3, -0.25) is 9.98 Å². The van der Waals surface area contributed by atoms with Crippen LogP contribution in [0.25, 0.3) is 10.9 Å². The molecule has 0 bridgehead atoms. The highest BCUT2D eigenvalue weighted by Gasteiger charge is 2.27. The van der Waals surface area contributed by atoms with Gasteiger partial charge in [-0.1, -0.05) is 12.5 Å².